The van der Waals surface area contributed by atoms with Crippen molar-refractivity contribution >= 4 is 17.4 Å². The predicted octanol–water partition coefficient (Wildman–Crippen LogP) is 2.51. The molecule has 0 aliphatic carbocycles. The maximum absolute atomic E-state index is 11.1. The summed E-state index contributed by atoms with van der Waals surface area (Å²) in [5.74, 6) is 0.992. The summed E-state index contributed by atoms with van der Waals surface area (Å²) in [7, 11) is 0. The van der Waals surface area contributed by atoms with Gasteiger partial charge in [0.2, 0.25) is 0 Å². The molecule has 0 unspecified atom stereocenters. The van der Waals surface area contributed by atoms with Crippen LogP contribution in [0.1, 0.15) is 12.2 Å². The van der Waals surface area contributed by atoms with Gasteiger partial charge in [-0.25, -0.2) is 4.79 Å². The third-order valence-electron chi connectivity index (χ3n) is 2.87. The lowest BCUT2D eigenvalue weighted by Gasteiger charge is -1.96. The smallest absolute Gasteiger partial charge is 0.417 e. The molecule has 0 fully saturated rings. The number of aromatic nitrogens is 1. The molecule has 0 saturated carbocycles. The molecule has 19 heavy (non-hydrogen) atoms. The molecule has 1 aromatic carbocycles. The topological polar surface area (TPSA) is 76.2 Å². The van der Waals surface area contributed by atoms with Crippen LogP contribution in [0.3, 0.4) is 0 Å². The largest absolute Gasteiger partial charge is 0.461 e. The number of aromatic amines is 1. The Bertz CT molecular complexity index is 778. The highest BCUT2D eigenvalue weighted by atomic mass is 16.4. The normalized spacial score (nSPS) is 10.9. The Kier molecular flexibility index (Phi) is 2.79. The molecule has 0 aliphatic heterocycles. The number of furan rings is 1. The third-order valence-corrected chi connectivity index (χ3v) is 2.87. The molecule has 2 heterocycles. The number of benzene rings is 1. The Hall–Kier alpha value is -2.56. The summed E-state index contributed by atoms with van der Waals surface area (Å²) in [6, 6.07) is 9.03. The van der Waals surface area contributed by atoms with Gasteiger partial charge in [0.1, 0.15) is 17.8 Å². The molecule has 1 N–H and O–H groups in total. The van der Waals surface area contributed by atoms with Crippen LogP contribution in [0, 0.1) is 0 Å². The van der Waals surface area contributed by atoms with Crippen molar-refractivity contribution in [2.24, 2.45) is 0 Å². The number of carbonyl (C=O) groups is 1. The Morgan fingerprint density at radius 2 is 2.05 bits per heavy atom. The van der Waals surface area contributed by atoms with Crippen LogP contribution in [-0.4, -0.2) is 11.3 Å². The summed E-state index contributed by atoms with van der Waals surface area (Å²) < 4.78 is 10.6. The lowest BCUT2D eigenvalue weighted by atomic mass is 10.1. The predicted molar refractivity (Wildman–Crippen MR) is 68.9 cm³/mol. The summed E-state index contributed by atoms with van der Waals surface area (Å²) in [6.07, 6.45) is 1.90. The first-order valence-corrected chi connectivity index (χ1v) is 5.92. The number of hydrogen-bond acceptors (Lipinski definition) is 4. The van der Waals surface area contributed by atoms with E-state index in [1.807, 2.05) is 18.2 Å². The number of nitrogens with one attached hydrogen (secondary N) is 1. The van der Waals surface area contributed by atoms with E-state index in [2.05, 4.69) is 4.98 Å². The molecule has 0 amide bonds. The number of rotatable bonds is 4. The van der Waals surface area contributed by atoms with Gasteiger partial charge in [-0.3, -0.25) is 4.98 Å². The highest BCUT2D eigenvalue weighted by Crippen LogP contribution is 2.25. The summed E-state index contributed by atoms with van der Waals surface area (Å²) in [6.45, 7) is 0. The van der Waals surface area contributed by atoms with Crippen LogP contribution in [0.25, 0.3) is 22.4 Å². The SMILES string of the molecule is O=CCCc1ccc(-c2ccc3oc(=O)[nH]c3c2)o1. The fraction of sp³-hybridized carbons (Fsp3) is 0.143. The van der Waals surface area contributed by atoms with Crippen LogP contribution in [0.2, 0.25) is 0 Å². The van der Waals surface area contributed by atoms with Crippen LogP contribution in [0.5, 0.6) is 0 Å². The molecule has 96 valence electrons. The fourth-order valence-electron chi connectivity index (χ4n) is 1.97. The van der Waals surface area contributed by atoms with Gasteiger partial charge in [-0.2, -0.15) is 0 Å². The highest BCUT2D eigenvalue weighted by Gasteiger charge is 2.07. The Labute approximate surface area is 107 Å². The number of fused-ring (bicyclic) bond motifs is 1. The summed E-state index contributed by atoms with van der Waals surface area (Å²) in [5, 5.41) is 0. The first-order valence-electron chi connectivity index (χ1n) is 5.92. The quantitative estimate of drug-likeness (QED) is 0.728. The maximum atomic E-state index is 11.1. The number of oxazole rings is 1. The van der Waals surface area contributed by atoms with Crippen molar-refractivity contribution in [2.45, 2.75) is 12.8 Å². The maximum Gasteiger partial charge on any atom is 0.417 e. The Morgan fingerprint density at radius 1 is 1.16 bits per heavy atom. The molecule has 0 bridgehead atoms. The number of carbonyl (C=O) groups excluding carboxylic acids is 1. The Morgan fingerprint density at radius 3 is 2.89 bits per heavy atom. The van der Waals surface area contributed by atoms with Gasteiger partial charge in [-0.15, -0.1) is 0 Å². The van der Waals surface area contributed by atoms with Crippen molar-refractivity contribution in [3.05, 3.63) is 46.6 Å². The van der Waals surface area contributed by atoms with Crippen molar-refractivity contribution in [3.63, 3.8) is 0 Å². The molecule has 3 aromatic rings. The summed E-state index contributed by atoms with van der Waals surface area (Å²) >= 11 is 0. The molecule has 3 rings (SSSR count). The zero-order valence-electron chi connectivity index (χ0n) is 10.0. The zero-order chi connectivity index (χ0) is 13.2. The zero-order valence-corrected chi connectivity index (χ0v) is 10.0. The molecule has 0 saturated heterocycles. The molecule has 0 radical (unpaired) electrons. The van der Waals surface area contributed by atoms with E-state index in [1.165, 1.54) is 0 Å². The Balaban J connectivity index is 1.96. The second-order valence-electron chi connectivity index (χ2n) is 4.20. The van der Waals surface area contributed by atoms with Crippen LogP contribution < -0.4 is 5.76 Å². The van der Waals surface area contributed by atoms with E-state index in [4.69, 9.17) is 8.83 Å². The summed E-state index contributed by atoms with van der Waals surface area (Å²) in [5.41, 5.74) is 2.00. The molecule has 0 spiro atoms. The van der Waals surface area contributed by atoms with E-state index in [9.17, 15) is 9.59 Å². The second kappa shape index (κ2) is 4.61. The monoisotopic (exact) mass is 257 g/mol. The van der Waals surface area contributed by atoms with Crippen molar-refractivity contribution in [1.29, 1.82) is 0 Å². The number of H-pyrrole nitrogens is 1. The highest BCUT2D eigenvalue weighted by molar-refractivity contribution is 5.78. The standard InChI is InChI=1S/C14H11NO4/c16-7-1-2-10-4-6-12(18-10)9-3-5-13-11(8-9)15-14(17)19-13/h3-8H,1-2H2,(H,15,17). The molecule has 2 aromatic heterocycles. The van der Waals surface area contributed by atoms with E-state index in [0.717, 1.165) is 17.6 Å². The first kappa shape index (κ1) is 11.5. The third kappa shape index (κ3) is 2.22. The van der Waals surface area contributed by atoms with Gasteiger partial charge in [0.05, 0.1) is 5.52 Å². The number of aryl methyl sites for hydroxylation is 1. The van der Waals surface area contributed by atoms with Gasteiger partial charge in [-0.05, 0) is 30.3 Å². The molecule has 0 aliphatic rings. The van der Waals surface area contributed by atoms with Gasteiger partial charge in [-0.1, -0.05) is 0 Å². The average molecular weight is 257 g/mol. The van der Waals surface area contributed by atoms with E-state index < -0.39 is 5.76 Å². The lowest BCUT2D eigenvalue weighted by molar-refractivity contribution is -0.107. The molecular formula is C14H11NO4. The minimum Gasteiger partial charge on any atom is -0.461 e. The van der Waals surface area contributed by atoms with Gasteiger partial charge in [0, 0.05) is 18.4 Å². The van der Waals surface area contributed by atoms with E-state index >= 15 is 0 Å². The van der Waals surface area contributed by atoms with Crippen LogP contribution in [-0.2, 0) is 11.2 Å². The van der Waals surface area contributed by atoms with Crippen molar-refractivity contribution in [1.82, 2.24) is 4.98 Å². The van der Waals surface area contributed by atoms with Crippen molar-refractivity contribution < 1.29 is 13.6 Å². The van der Waals surface area contributed by atoms with E-state index in [1.54, 1.807) is 12.1 Å². The first-order chi connectivity index (χ1) is 9.26. The van der Waals surface area contributed by atoms with Crippen LogP contribution in [0.4, 0.5) is 0 Å². The number of hydrogen-bond donors (Lipinski definition) is 1. The minimum atomic E-state index is -0.474. The van der Waals surface area contributed by atoms with E-state index in [0.29, 0.717) is 29.7 Å². The fourth-order valence-corrected chi connectivity index (χ4v) is 1.97. The van der Waals surface area contributed by atoms with Gasteiger partial charge < -0.3 is 13.6 Å². The molecule has 5 nitrogen and oxygen atoms in total. The molecule has 5 heteroatoms. The van der Waals surface area contributed by atoms with Gasteiger partial charge in [0.15, 0.2) is 5.58 Å². The van der Waals surface area contributed by atoms with Crippen molar-refractivity contribution in [3.8, 4) is 11.3 Å². The van der Waals surface area contributed by atoms with Gasteiger partial charge in [0.25, 0.3) is 0 Å². The van der Waals surface area contributed by atoms with Crippen LogP contribution >= 0.6 is 0 Å². The summed E-state index contributed by atoms with van der Waals surface area (Å²) in [4.78, 5) is 24.0. The second-order valence-corrected chi connectivity index (χ2v) is 4.20. The average Bonchev–Trinajstić information content (AvgIpc) is 3.00. The van der Waals surface area contributed by atoms with Crippen molar-refractivity contribution in [2.75, 3.05) is 0 Å². The minimum absolute atomic E-state index is 0.445. The van der Waals surface area contributed by atoms with E-state index in [-0.39, 0.29) is 0 Å². The van der Waals surface area contributed by atoms with Crippen LogP contribution in [0.15, 0.2) is 44.0 Å². The molecule has 0 atom stereocenters. The van der Waals surface area contributed by atoms with Gasteiger partial charge >= 0.3 is 5.76 Å². The lowest BCUT2D eigenvalue weighted by Crippen LogP contribution is -1.92. The molecular weight excluding hydrogens is 246 g/mol. The number of aldehydes is 1.